The third-order valence-corrected chi connectivity index (χ3v) is 3.29. The van der Waals surface area contributed by atoms with Crippen molar-refractivity contribution in [2.24, 2.45) is 0 Å². The predicted octanol–water partition coefficient (Wildman–Crippen LogP) is 3.68. The fourth-order valence-electron chi connectivity index (χ4n) is 2.12. The Morgan fingerprint density at radius 3 is 2.43 bits per heavy atom. The molecule has 2 aromatic heterocycles. The second-order valence-electron chi connectivity index (χ2n) is 4.97. The molecule has 0 aliphatic heterocycles. The van der Waals surface area contributed by atoms with Crippen molar-refractivity contribution >= 4 is 11.6 Å². The average molecular weight is 312 g/mol. The summed E-state index contributed by atoms with van der Waals surface area (Å²) in [6.07, 6.45) is 3.61. The first-order valence-corrected chi connectivity index (χ1v) is 7.14. The van der Waals surface area contributed by atoms with Crippen LogP contribution in [0.2, 0.25) is 0 Å². The highest BCUT2D eigenvalue weighted by atomic mass is 19.1. The molecule has 0 spiro atoms. The van der Waals surface area contributed by atoms with Gasteiger partial charge in [0, 0.05) is 0 Å². The molecular formula is C17H14F2N4. The Morgan fingerprint density at radius 1 is 0.870 bits per heavy atom. The molecule has 0 saturated heterocycles. The van der Waals surface area contributed by atoms with Gasteiger partial charge in [-0.3, -0.25) is 0 Å². The van der Waals surface area contributed by atoms with Crippen molar-refractivity contribution in [2.75, 3.05) is 5.32 Å². The minimum atomic E-state index is -0.570. The molecule has 116 valence electrons. The Balaban J connectivity index is 1.72. The largest absolute Gasteiger partial charge is 0.323 e. The molecule has 1 N–H and O–H groups in total. The summed E-state index contributed by atoms with van der Waals surface area (Å²) in [5, 5.41) is 2.88. The zero-order chi connectivity index (χ0) is 16.1. The molecule has 23 heavy (non-hydrogen) atoms. The quantitative estimate of drug-likeness (QED) is 0.730. The van der Waals surface area contributed by atoms with E-state index in [1.54, 1.807) is 0 Å². The maximum Gasteiger partial charge on any atom is 0.227 e. The van der Waals surface area contributed by atoms with Crippen LogP contribution in [0.4, 0.5) is 20.4 Å². The van der Waals surface area contributed by atoms with E-state index in [0.717, 1.165) is 11.8 Å². The highest BCUT2D eigenvalue weighted by Gasteiger charge is 2.08. The zero-order valence-corrected chi connectivity index (χ0v) is 12.2. The summed E-state index contributed by atoms with van der Waals surface area (Å²) in [7, 11) is 0. The Morgan fingerprint density at radius 2 is 1.70 bits per heavy atom. The van der Waals surface area contributed by atoms with Gasteiger partial charge in [0.2, 0.25) is 11.9 Å². The Bertz CT molecular complexity index is 776. The summed E-state index contributed by atoms with van der Waals surface area (Å²) in [6.45, 7) is 0. The lowest BCUT2D eigenvalue weighted by Gasteiger charge is -2.07. The van der Waals surface area contributed by atoms with Gasteiger partial charge in [0.1, 0.15) is 0 Å². The number of hydrogen-bond acceptors (Lipinski definition) is 4. The van der Waals surface area contributed by atoms with Crippen molar-refractivity contribution in [1.82, 2.24) is 15.0 Å². The number of rotatable bonds is 5. The molecule has 0 saturated carbocycles. The fourth-order valence-corrected chi connectivity index (χ4v) is 2.12. The van der Waals surface area contributed by atoms with Gasteiger partial charge >= 0.3 is 0 Å². The van der Waals surface area contributed by atoms with Crippen LogP contribution in [0, 0.1) is 11.8 Å². The summed E-state index contributed by atoms with van der Waals surface area (Å²) in [5.41, 5.74) is 1.98. The number of aryl methyl sites for hydroxylation is 2. The van der Waals surface area contributed by atoms with Gasteiger partial charge in [-0.25, -0.2) is 19.3 Å². The smallest absolute Gasteiger partial charge is 0.227 e. The van der Waals surface area contributed by atoms with E-state index in [-0.39, 0.29) is 5.95 Å². The first-order chi connectivity index (χ1) is 11.2. The standard InChI is InChI=1S/C17H14F2N4/c18-14-11-21-17(22-13-7-9-16(19)20-10-13)23-15(14)8-6-12-4-2-1-3-5-12/h1-5,7,9-11H,6,8H2,(H,21,22,23). The first-order valence-electron chi connectivity index (χ1n) is 7.14. The van der Waals surface area contributed by atoms with Gasteiger partial charge < -0.3 is 5.32 Å². The van der Waals surface area contributed by atoms with E-state index in [4.69, 9.17) is 0 Å². The third kappa shape index (κ3) is 4.06. The van der Waals surface area contributed by atoms with E-state index < -0.39 is 11.8 Å². The SMILES string of the molecule is Fc1ccc(Nc2ncc(F)c(CCc3ccccc3)n2)cn1. The molecule has 3 aromatic rings. The summed E-state index contributed by atoms with van der Waals surface area (Å²) < 4.78 is 26.6. The van der Waals surface area contributed by atoms with Crippen LogP contribution in [-0.4, -0.2) is 15.0 Å². The second kappa shape index (κ2) is 6.91. The Hall–Kier alpha value is -2.89. The lowest BCUT2D eigenvalue weighted by atomic mass is 10.1. The molecule has 0 unspecified atom stereocenters. The van der Waals surface area contributed by atoms with Gasteiger partial charge in [-0.1, -0.05) is 30.3 Å². The number of anilines is 2. The average Bonchev–Trinajstić information content (AvgIpc) is 2.58. The summed E-state index contributed by atoms with van der Waals surface area (Å²) in [4.78, 5) is 11.6. The molecule has 0 radical (unpaired) electrons. The minimum absolute atomic E-state index is 0.253. The van der Waals surface area contributed by atoms with Crippen LogP contribution >= 0.6 is 0 Å². The van der Waals surface area contributed by atoms with Crippen molar-refractivity contribution in [3.63, 3.8) is 0 Å². The van der Waals surface area contributed by atoms with Gasteiger partial charge in [0.25, 0.3) is 0 Å². The topological polar surface area (TPSA) is 50.7 Å². The lowest BCUT2D eigenvalue weighted by molar-refractivity contribution is 0.584. The van der Waals surface area contributed by atoms with Gasteiger partial charge in [-0.2, -0.15) is 4.39 Å². The molecule has 0 aliphatic carbocycles. The van der Waals surface area contributed by atoms with Crippen molar-refractivity contribution < 1.29 is 8.78 Å². The molecule has 0 bridgehead atoms. The Labute approximate surface area is 132 Å². The summed E-state index contributed by atoms with van der Waals surface area (Å²) in [6, 6.07) is 12.5. The van der Waals surface area contributed by atoms with Crippen LogP contribution in [-0.2, 0) is 12.8 Å². The molecule has 0 aliphatic rings. The lowest BCUT2D eigenvalue weighted by Crippen LogP contribution is -2.04. The monoisotopic (exact) mass is 312 g/mol. The van der Waals surface area contributed by atoms with Gasteiger partial charge in [-0.15, -0.1) is 0 Å². The van der Waals surface area contributed by atoms with Gasteiger partial charge in [0.05, 0.1) is 23.8 Å². The van der Waals surface area contributed by atoms with Crippen LogP contribution in [0.1, 0.15) is 11.3 Å². The molecule has 2 heterocycles. The van der Waals surface area contributed by atoms with E-state index in [2.05, 4.69) is 20.3 Å². The second-order valence-corrected chi connectivity index (χ2v) is 4.97. The van der Waals surface area contributed by atoms with Crippen molar-refractivity contribution in [3.8, 4) is 0 Å². The van der Waals surface area contributed by atoms with E-state index in [9.17, 15) is 8.78 Å². The van der Waals surface area contributed by atoms with Crippen LogP contribution in [0.3, 0.4) is 0 Å². The molecule has 0 fully saturated rings. The van der Waals surface area contributed by atoms with Crippen molar-refractivity contribution in [2.45, 2.75) is 12.8 Å². The predicted molar refractivity (Wildman–Crippen MR) is 83.3 cm³/mol. The number of hydrogen-bond donors (Lipinski definition) is 1. The zero-order valence-electron chi connectivity index (χ0n) is 12.2. The summed E-state index contributed by atoms with van der Waals surface area (Å²) in [5.74, 6) is -0.759. The summed E-state index contributed by atoms with van der Waals surface area (Å²) >= 11 is 0. The molecule has 0 amide bonds. The van der Waals surface area contributed by atoms with Crippen LogP contribution in [0.25, 0.3) is 0 Å². The molecular weight excluding hydrogens is 298 g/mol. The molecule has 0 atom stereocenters. The maximum atomic E-state index is 13.8. The van der Waals surface area contributed by atoms with Crippen LogP contribution in [0.15, 0.2) is 54.9 Å². The fraction of sp³-hybridized carbons (Fsp3) is 0.118. The molecule has 1 aromatic carbocycles. The van der Waals surface area contributed by atoms with Gasteiger partial charge in [-0.05, 0) is 30.5 Å². The van der Waals surface area contributed by atoms with Crippen LogP contribution < -0.4 is 5.32 Å². The number of pyridine rings is 1. The van der Waals surface area contributed by atoms with E-state index in [1.165, 1.54) is 18.3 Å². The van der Waals surface area contributed by atoms with Crippen LogP contribution in [0.5, 0.6) is 0 Å². The first kappa shape index (κ1) is 15.0. The van der Waals surface area contributed by atoms with Gasteiger partial charge in [0.15, 0.2) is 5.82 Å². The van der Waals surface area contributed by atoms with Crippen molar-refractivity contribution in [3.05, 3.63) is 77.9 Å². The number of nitrogens with one attached hydrogen (secondary N) is 1. The normalized spacial score (nSPS) is 10.5. The highest BCUT2D eigenvalue weighted by molar-refractivity contribution is 5.51. The molecule has 4 nitrogen and oxygen atoms in total. The number of benzene rings is 1. The van der Waals surface area contributed by atoms with E-state index >= 15 is 0 Å². The maximum absolute atomic E-state index is 13.8. The minimum Gasteiger partial charge on any atom is -0.323 e. The molecule has 3 rings (SSSR count). The van der Waals surface area contributed by atoms with E-state index in [0.29, 0.717) is 24.2 Å². The highest BCUT2D eigenvalue weighted by Crippen LogP contribution is 2.15. The van der Waals surface area contributed by atoms with Crippen molar-refractivity contribution in [1.29, 1.82) is 0 Å². The third-order valence-electron chi connectivity index (χ3n) is 3.29. The van der Waals surface area contributed by atoms with E-state index in [1.807, 2.05) is 30.3 Å². The molecule has 6 heteroatoms. The Kier molecular flexibility index (Phi) is 4.52. The number of aromatic nitrogens is 3. The number of halogens is 2. The number of nitrogens with zero attached hydrogens (tertiary/aromatic N) is 3.